The van der Waals surface area contributed by atoms with E-state index in [2.05, 4.69) is 5.32 Å². The van der Waals surface area contributed by atoms with E-state index in [1.807, 2.05) is 20.8 Å². The third kappa shape index (κ3) is 4.54. The van der Waals surface area contributed by atoms with Crippen LogP contribution in [0.3, 0.4) is 0 Å². The summed E-state index contributed by atoms with van der Waals surface area (Å²) in [5.74, 6) is 0.213. The van der Waals surface area contributed by atoms with Crippen LogP contribution in [0.15, 0.2) is 0 Å². The quantitative estimate of drug-likeness (QED) is 0.695. The number of ether oxygens (including phenoxy) is 1. The fraction of sp³-hybridized carbons (Fsp3) is 1.00. The molecule has 1 fully saturated rings. The highest BCUT2D eigenvalue weighted by Crippen LogP contribution is 2.15. The minimum Gasteiger partial charge on any atom is -0.390 e. The van der Waals surface area contributed by atoms with Crippen molar-refractivity contribution >= 4 is 9.84 Å². The molecule has 0 radical (unpaired) electrons. The van der Waals surface area contributed by atoms with Gasteiger partial charge in [-0.1, -0.05) is 13.8 Å². The lowest BCUT2D eigenvalue weighted by Crippen LogP contribution is -2.49. The number of hydrogen-bond acceptors (Lipinski definition) is 5. The second-order valence-electron chi connectivity index (χ2n) is 4.93. The van der Waals surface area contributed by atoms with Crippen LogP contribution in [0.1, 0.15) is 20.8 Å². The van der Waals surface area contributed by atoms with Gasteiger partial charge >= 0.3 is 0 Å². The largest absolute Gasteiger partial charge is 0.390 e. The fourth-order valence-electron chi connectivity index (χ4n) is 1.94. The van der Waals surface area contributed by atoms with Gasteiger partial charge in [0.25, 0.3) is 0 Å². The Kier molecular flexibility index (Phi) is 5.37. The summed E-state index contributed by atoms with van der Waals surface area (Å²) in [6.07, 6.45) is -0.803. The predicted octanol–water partition coefficient (Wildman–Crippen LogP) is -0.205. The van der Waals surface area contributed by atoms with Crippen LogP contribution in [0.25, 0.3) is 0 Å². The Hall–Kier alpha value is -0.170. The summed E-state index contributed by atoms with van der Waals surface area (Å²) >= 11 is 0. The van der Waals surface area contributed by atoms with E-state index < -0.39 is 15.9 Å². The van der Waals surface area contributed by atoms with E-state index in [1.165, 1.54) is 0 Å². The molecule has 0 bridgehead atoms. The van der Waals surface area contributed by atoms with Gasteiger partial charge in [0.2, 0.25) is 0 Å². The first-order valence-corrected chi connectivity index (χ1v) is 7.90. The molecule has 0 spiro atoms. The molecule has 3 atom stereocenters. The zero-order chi connectivity index (χ0) is 13.1. The number of aliphatic hydroxyl groups is 1. The van der Waals surface area contributed by atoms with Gasteiger partial charge in [-0.05, 0) is 12.8 Å². The molecular formula is C11H23NO4S. The summed E-state index contributed by atoms with van der Waals surface area (Å²) in [5, 5.41) is 12.9. The molecule has 3 unspecified atom stereocenters. The van der Waals surface area contributed by atoms with E-state index in [-0.39, 0.29) is 23.6 Å². The van der Waals surface area contributed by atoms with E-state index in [0.717, 1.165) is 0 Å². The van der Waals surface area contributed by atoms with Gasteiger partial charge in [-0.2, -0.15) is 0 Å². The highest BCUT2D eigenvalue weighted by Gasteiger charge is 2.37. The molecule has 1 heterocycles. The lowest BCUT2D eigenvalue weighted by atomic mass is 10.0. The van der Waals surface area contributed by atoms with Gasteiger partial charge in [0.1, 0.15) is 0 Å². The van der Waals surface area contributed by atoms with Gasteiger partial charge in [0, 0.05) is 18.7 Å². The van der Waals surface area contributed by atoms with Crippen molar-refractivity contribution in [3.8, 4) is 0 Å². The Bertz CT molecular complexity index is 328. The maximum atomic E-state index is 11.4. The number of sulfone groups is 1. The minimum absolute atomic E-state index is 0.0174. The lowest BCUT2D eigenvalue weighted by molar-refractivity contribution is 0.0890. The third-order valence-corrected chi connectivity index (χ3v) is 4.77. The van der Waals surface area contributed by atoms with Gasteiger partial charge in [-0.15, -0.1) is 0 Å². The number of rotatable bonds is 6. The van der Waals surface area contributed by atoms with Crippen LogP contribution < -0.4 is 5.32 Å². The molecular weight excluding hydrogens is 242 g/mol. The molecule has 5 nitrogen and oxygen atoms in total. The van der Waals surface area contributed by atoms with Crippen LogP contribution in [0.4, 0.5) is 0 Å². The fourth-order valence-corrected chi connectivity index (χ4v) is 3.70. The standard InChI is InChI=1S/C11H23NO4S/c1-4-16-5-9(8(2)3)12-10-6-17(14,15)7-11(10)13/h8-13H,4-7H2,1-3H3. The normalized spacial score (nSPS) is 29.7. The SMILES string of the molecule is CCOCC(NC1CS(=O)(=O)CC1O)C(C)C. The van der Waals surface area contributed by atoms with E-state index in [0.29, 0.717) is 19.1 Å². The number of hydrogen-bond donors (Lipinski definition) is 2. The van der Waals surface area contributed by atoms with Crippen LogP contribution in [-0.4, -0.2) is 56.4 Å². The first-order valence-electron chi connectivity index (χ1n) is 6.08. The molecule has 1 aliphatic heterocycles. The summed E-state index contributed by atoms with van der Waals surface area (Å²) < 4.78 is 28.1. The summed E-state index contributed by atoms with van der Waals surface area (Å²) in [6, 6.07) is -0.296. The van der Waals surface area contributed by atoms with Crippen molar-refractivity contribution in [3.63, 3.8) is 0 Å². The summed E-state index contributed by atoms with van der Waals surface area (Å²) in [4.78, 5) is 0. The highest BCUT2D eigenvalue weighted by atomic mass is 32.2. The van der Waals surface area contributed by atoms with Crippen molar-refractivity contribution in [2.45, 2.75) is 39.0 Å². The smallest absolute Gasteiger partial charge is 0.154 e. The first kappa shape index (κ1) is 14.9. The maximum Gasteiger partial charge on any atom is 0.154 e. The molecule has 2 N–H and O–H groups in total. The van der Waals surface area contributed by atoms with Crippen LogP contribution in [0.2, 0.25) is 0 Å². The van der Waals surface area contributed by atoms with Crippen molar-refractivity contribution in [1.82, 2.24) is 5.32 Å². The number of nitrogens with one attached hydrogen (secondary N) is 1. The van der Waals surface area contributed by atoms with Crippen molar-refractivity contribution in [2.75, 3.05) is 24.7 Å². The average Bonchev–Trinajstić information content (AvgIpc) is 2.46. The molecule has 0 aromatic carbocycles. The van der Waals surface area contributed by atoms with Crippen molar-refractivity contribution in [3.05, 3.63) is 0 Å². The molecule has 0 amide bonds. The first-order chi connectivity index (χ1) is 7.85. The molecule has 1 aliphatic rings. The molecule has 1 rings (SSSR count). The average molecular weight is 265 g/mol. The van der Waals surface area contributed by atoms with Gasteiger partial charge in [-0.3, -0.25) is 0 Å². The van der Waals surface area contributed by atoms with E-state index in [9.17, 15) is 13.5 Å². The molecule has 0 aromatic heterocycles. The molecule has 6 heteroatoms. The summed E-state index contributed by atoms with van der Waals surface area (Å²) in [5.41, 5.74) is 0. The zero-order valence-electron chi connectivity index (χ0n) is 10.7. The van der Waals surface area contributed by atoms with Gasteiger partial charge in [0.05, 0.1) is 24.2 Å². The summed E-state index contributed by atoms with van der Waals surface area (Å²) in [7, 11) is -3.09. The molecule has 0 aromatic rings. The topological polar surface area (TPSA) is 75.6 Å². The lowest BCUT2D eigenvalue weighted by Gasteiger charge is -2.26. The Morgan fingerprint density at radius 3 is 2.47 bits per heavy atom. The zero-order valence-corrected chi connectivity index (χ0v) is 11.5. The second-order valence-corrected chi connectivity index (χ2v) is 7.08. The second kappa shape index (κ2) is 6.13. The number of aliphatic hydroxyl groups excluding tert-OH is 1. The molecule has 0 saturated carbocycles. The van der Waals surface area contributed by atoms with Crippen LogP contribution >= 0.6 is 0 Å². The third-order valence-electron chi connectivity index (χ3n) is 3.06. The van der Waals surface area contributed by atoms with E-state index in [1.54, 1.807) is 0 Å². The van der Waals surface area contributed by atoms with Crippen molar-refractivity contribution in [1.29, 1.82) is 0 Å². The predicted molar refractivity (Wildman–Crippen MR) is 66.7 cm³/mol. The van der Waals surface area contributed by atoms with Crippen molar-refractivity contribution < 1.29 is 18.3 Å². The van der Waals surface area contributed by atoms with Crippen LogP contribution in [0.5, 0.6) is 0 Å². The van der Waals surface area contributed by atoms with E-state index in [4.69, 9.17) is 4.74 Å². The Labute approximate surface area is 103 Å². The van der Waals surface area contributed by atoms with E-state index >= 15 is 0 Å². The monoisotopic (exact) mass is 265 g/mol. The Morgan fingerprint density at radius 2 is 2.06 bits per heavy atom. The minimum atomic E-state index is -3.09. The maximum absolute atomic E-state index is 11.4. The van der Waals surface area contributed by atoms with Crippen molar-refractivity contribution in [2.24, 2.45) is 5.92 Å². The van der Waals surface area contributed by atoms with Gasteiger partial charge in [0.15, 0.2) is 9.84 Å². The Balaban J connectivity index is 2.55. The summed E-state index contributed by atoms with van der Waals surface area (Å²) in [6.45, 7) is 7.19. The molecule has 0 aliphatic carbocycles. The molecule has 1 saturated heterocycles. The highest BCUT2D eigenvalue weighted by molar-refractivity contribution is 7.91. The van der Waals surface area contributed by atoms with Crippen LogP contribution in [-0.2, 0) is 14.6 Å². The van der Waals surface area contributed by atoms with Crippen LogP contribution in [0, 0.1) is 5.92 Å². The Morgan fingerprint density at radius 1 is 1.41 bits per heavy atom. The molecule has 102 valence electrons. The van der Waals surface area contributed by atoms with Gasteiger partial charge in [-0.25, -0.2) is 8.42 Å². The van der Waals surface area contributed by atoms with Gasteiger partial charge < -0.3 is 15.2 Å². The molecule has 17 heavy (non-hydrogen) atoms.